The van der Waals surface area contributed by atoms with Crippen molar-refractivity contribution in [2.75, 3.05) is 13.1 Å². The first-order chi connectivity index (χ1) is 12.3. The molecule has 26 heavy (non-hydrogen) atoms. The van der Waals surface area contributed by atoms with Crippen LogP contribution in [0.1, 0.15) is 40.6 Å². The molecule has 140 valence electrons. The molecule has 5 nitrogen and oxygen atoms in total. The highest BCUT2D eigenvalue weighted by Gasteiger charge is 2.36. The zero-order valence-corrected chi connectivity index (χ0v) is 16.9. The van der Waals surface area contributed by atoms with Crippen molar-refractivity contribution in [1.29, 1.82) is 0 Å². The third kappa shape index (κ3) is 4.19. The van der Waals surface area contributed by atoms with Gasteiger partial charge in [0, 0.05) is 24.2 Å². The first kappa shape index (κ1) is 19.1. The van der Waals surface area contributed by atoms with Gasteiger partial charge in [-0.15, -0.1) is 11.3 Å². The average molecular weight is 394 g/mol. The zero-order valence-electron chi connectivity index (χ0n) is 15.3. The van der Waals surface area contributed by atoms with Crippen LogP contribution >= 0.6 is 22.9 Å². The van der Waals surface area contributed by atoms with Gasteiger partial charge in [0.25, 0.3) is 5.91 Å². The number of ether oxygens (including phenoxy) is 1. The Morgan fingerprint density at radius 3 is 2.77 bits per heavy atom. The number of likely N-dealkylation sites (tertiary alicyclic amines) is 1. The Labute approximate surface area is 163 Å². The Hall–Kier alpha value is -1.63. The van der Waals surface area contributed by atoms with Crippen molar-refractivity contribution in [3.05, 3.63) is 44.9 Å². The number of halogens is 1. The standard InChI is InChI=1S/C19H24ClN3O2S/c1-12-17(18(24)23-9-8-15(21)19(2,3)11-23)26-16(22-12)10-25-14-6-4-13(20)5-7-14/h4-7,15H,8-11,21H2,1-3H3. The van der Waals surface area contributed by atoms with Gasteiger partial charge in [-0.05, 0) is 43.0 Å². The summed E-state index contributed by atoms with van der Waals surface area (Å²) in [5.74, 6) is 0.764. The molecular formula is C19H24ClN3O2S. The number of nitrogens with two attached hydrogens (primary N) is 1. The molecule has 0 aliphatic carbocycles. The van der Waals surface area contributed by atoms with Gasteiger partial charge in [0.05, 0.1) is 5.69 Å². The van der Waals surface area contributed by atoms with E-state index < -0.39 is 0 Å². The van der Waals surface area contributed by atoms with Crippen LogP contribution in [0.25, 0.3) is 0 Å². The minimum absolute atomic E-state index is 0.0396. The maximum atomic E-state index is 12.9. The second-order valence-corrected chi connectivity index (χ2v) is 8.90. The minimum atomic E-state index is -0.0764. The summed E-state index contributed by atoms with van der Waals surface area (Å²) in [5.41, 5.74) is 6.86. The largest absolute Gasteiger partial charge is 0.486 e. The molecule has 0 bridgehead atoms. The number of benzene rings is 1. The van der Waals surface area contributed by atoms with Crippen LogP contribution in [0, 0.1) is 12.3 Å². The van der Waals surface area contributed by atoms with Crippen molar-refractivity contribution in [3.63, 3.8) is 0 Å². The quantitative estimate of drug-likeness (QED) is 0.855. The lowest BCUT2D eigenvalue weighted by Gasteiger charge is -2.42. The van der Waals surface area contributed by atoms with Gasteiger partial charge in [-0.1, -0.05) is 25.4 Å². The highest BCUT2D eigenvalue weighted by atomic mass is 35.5. The Balaban J connectivity index is 1.67. The van der Waals surface area contributed by atoms with Crippen molar-refractivity contribution in [2.45, 2.75) is 39.8 Å². The van der Waals surface area contributed by atoms with Gasteiger partial charge in [0.1, 0.15) is 22.2 Å². The van der Waals surface area contributed by atoms with Crippen molar-refractivity contribution >= 4 is 28.8 Å². The van der Waals surface area contributed by atoms with Crippen molar-refractivity contribution in [1.82, 2.24) is 9.88 Å². The second kappa shape index (κ2) is 7.55. The summed E-state index contributed by atoms with van der Waals surface area (Å²) >= 11 is 7.27. The van der Waals surface area contributed by atoms with E-state index in [-0.39, 0.29) is 17.4 Å². The Kier molecular flexibility index (Phi) is 5.55. The number of nitrogens with zero attached hydrogens (tertiary/aromatic N) is 2. The van der Waals surface area contributed by atoms with Gasteiger partial charge >= 0.3 is 0 Å². The van der Waals surface area contributed by atoms with Gasteiger partial charge in [0.15, 0.2) is 0 Å². The maximum Gasteiger partial charge on any atom is 0.265 e. The highest BCUT2D eigenvalue weighted by Crippen LogP contribution is 2.30. The summed E-state index contributed by atoms with van der Waals surface area (Å²) in [5, 5.41) is 1.45. The number of hydrogen-bond acceptors (Lipinski definition) is 5. The second-order valence-electron chi connectivity index (χ2n) is 7.38. The molecule has 0 spiro atoms. The molecule has 1 aliphatic heterocycles. The number of carbonyl (C=O) groups is 1. The molecule has 7 heteroatoms. The lowest BCUT2D eigenvalue weighted by molar-refractivity contribution is 0.0536. The van der Waals surface area contributed by atoms with Gasteiger partial charge in [-0.3, -0.25) is 4.79 Å². The van der Waals surface area contributed by atoms with E-state index in [0.717, 1.165) is 22.9 Å². The van der Waals surface area contributed by atoms with Crippen LogP contribution in [-0.4, -0.2) is 34.9 Å². The zero-order chi connectivity index (χ0) is 18.9. The third-order valence-corrected chi connectivity index (χ3v) is 6.18. The number of carbonyl (C=O) groups excluding carboxylic acids is 1. The smallest absolute Gasteiger partial charge is 0.265 e. The molecule has 1 fully saturated rings. The molecule has 2 N–H and O–H groups in total. The summed E-state index contributed by atoms with van der Waals surface area (Å²) < 4.78 is 5.74. The van der Waals surface area contributed by atoms with E-state index in [1.165, 1.54) is 11.3 Å². The lowest BCUT2D eigenvalue weighted by Crippen LogP contribution is -2.53. The van der Waals surface area contributed by atoms with Crippen molar-refractivity contribution in [2.24, 2.45) is 11.1 Å². The lowest BCUT2D eigenvalue weighted by atomic mass is 9.79. The van der Waals surface area contributed by atoms with Crippen LogP contribution in [0.5, 0.6) is 5.75 Å². The predicted octanol–water partition coefficient (Wildman–Crippen LogP) is 3.88. The molecule has 2 aromatic rings. The Bertz CT molecular complexity index is 789. The summed E-state index contributed by atoms with van der Waals surface area (Å²) in [6, 6.07) is 7.31. The average Bonchev–Trinajstić information content (AvgIpc) is 2.97. The van der Waals surface area contributed by atoms with Gasteiger partial charge < -0.3 is 15.4 Å². The van der Waals surface area contributed by atoms with Crippen molar-refractivity contribution in [3.8, 4) is 5.75 Å². The number of aryl methyl sites for hydroxylation is 1. The van der Waals surface area contributed by atoms with E-state index in [1.54, 1.807) is 12.1 Å². The molecule has 2 heterocycles. The van der Waals surface area contributed by atoms with Crippen LogP contribution in [0.3, 0.4) is 0 Å². The first-order valence-corrected chi connectivity index (χ1v) is 9.85. The van der Waals surface area contributed by atoms with E-state index >= 15 is 0 Å². The minimum Gasteiger partial charge on any atom is -0.486 e. The van der Waals surface area contributed by atoms with E-state index in [2.05, 4.69) is 18.8 Å². The SMILES string of the molecule is Cc1nc(COc2ccc(Cl)cc2)sc1C(=O)N1CCC(N)C(C)(C)C1. The van der Waals surface area contributed by atoms with Gasteiger partial charge in [-0.25, -0.2) is 4.98 Å². The summed E-state index contributed by atoms with van der Waals surface area (Å²) in [6.07, 6.45) is 0.823. The molecule has 1 atom stereocenters. The number of hydrogen-bond donors (Lipinski definition) is 1. The highest BCUT2D eigenvalue weighted by molar-refractivity contribution is 7.13. The molecule has 0 radical (unpaired) electrons. The van der Waals surface area contributed by atoms with E-state index in [1.807, 2.05) is 24.0 Å². The van der Waals surface area contributed by atoms with Crippen molar-refractivity contribution < 1.29 is 9.53 Å². The third-order valence-electron chi connectivity index (χ3n) is 4.81. The fraction of sp³-hybridized carbons (Fsp3) is 0.474. The molecular weight excluding hydrogens is 370 g/mol. The van der Waals surface area contributed by atoms with E-state index in [0.29, 0.717) is 29.6 Å². The Morgan fingerprint density at radius 2 is 2.12 bits per heavy atom. The van der Waals surface area contributed by atoms with Gasteiger partial charge in [0.2, 0.25) is 0 Å². The Morgan fingerprint density at radius 1 is 1.42 bits per heavy atom. The molecule has 1 aromatic heterocycles. The summed E-state index contributed by atoms with van der Waals surface area (Å²) in [4.78, 5) is 20.0. The van der Waals surface area contributed by atoms with Crippen LogP contribution in [0.4, 0.5) is 0 Å². The molecule has 0 saturated carbocycles. The predicted molar refractivity (Wildman–Crippen MR) is 105 cm³/mol. The summed E-state index contributed by atoms with van der Waals surface area (Å²) in [7, 11) is 0. The fourth-order valence-corrected chi connectivity index (χ4v) is 4.15. The van der Waals surface area contributed by atoms with Gasteiger partial charge in [-0.2, -0.15) is 0 Å². The number of piperidine rings is 1. The molecule has 1 saturated heterocycles. The van der Waals surface area contributed by atoms with E-state index in [4.69, 9.17) is 22.1 Å². The molecule has 1 unspecified atom stereocenters. The topological polar surface area (TPSA) is 68.5 Å². The first-order valence-electron chi connectivity index (χ1n) is 8.66. The fourth-order valence-electron chi connectivity index (χ4n) is 3.08. The number of rotatable bonds is 4. The molecule has 1 aliphatic rings. The summed E-state index contributed by atoms with van der Waals surface area (Å²) in [6.45, 7) is 7.79. The number of aromatic nitrogens is 1. The molecule has 1 amide bonds. The van der Waals surface area contributed by atoms with Crippen LogP contribution in [0.15, 0.2) is 24.3 Å². The number of thiazole rings is 1. The van der Waals surface area contributed by atoms with Crippen LogP contribution in [-0.2, 0) is 6.61 Å². The van der Waals surface area contributed by atoms with Crippen LogP contribution in [0.2, 0.25) is 5.02 Å². The number of amides is 1. The normalized spacial score (nSPS) is 19.4. The van der Waals surface area contributed by atoms with Crippen LogP contribution < -0.4 is 10.5 Å². The van der Waals surface area contributed by atoms with E-state index in [9.17, 15) is 4.79 Å². The monoisotopic (exact) mass is 393 g/mol. The maximum absolute atomic E-state index is 12.9. The molecule has 1 aromatic carbocycles. The molecule has 3 rings (SSSR count).